The highest BCUT2D eigenvalue weighted by Crippen LogP contribution is 2.28. The molecule has 2 rings (SSSR count). The van der Waals surface area contributed by atoms with Crippen LogP contribution in [0, 0.1) is 5.82 Å². The molecular formula is C10H5Br2FO2. The first-order valence-corrected chi connectivity index (χ1v) is 5.92. The van der Waals surface area contributed by atoms with E-state index in [1.165, 1.54) is 12.1 Å². The molecular weight excluding hydrogens is 331 g/mol. The first-order valence-electron chi connectivity index (χ1n) is 4.09. The Labute approximate surface area is 101 Å². The van der Waals surface area contributed by atoms with Gasteiger partial charge < -0.3 is 4.42 Å². The molecule has 5 heteroatoms. The Morgan fingerprint density at radius 3 is 2.67 bits per heavy atom. The molecule has 0 spiro atoms. The second kappa shape index (κ2) is 4.06. The van der Waals surface area contributed by atoms with Crippen molar-refractivity contribution in [2.75, 3.05) is 0 Å². The summed E-state index contributed by atoms with van der Waals surface area (Å²) in [5.41, 5.74) is 0.227. The Morgan fingerprint density at radius 2 is 2.00 bits per heavy atom. The van der Waals surface area contributed by atoms with E-state index in [-0.39, 0.29) is 9.32 Å². The van der Waals surface area contributed by atoms with Crippen molar-refractivity contribution in [1.82, 2.24) is 0 Å². The van der Waals surface area contributed by atoms with Crippen LogP contribution in [-0.4, -0.2) is 0 Å². The zero-order valence-electron chi connectivity index (χ0n) is 7.34. The minimum Gasteiger partial charge on any atom is -0.422 e. The number of hydrogen-bond acceptors (Lipinski definition) is 2. The highest BCUT2D eigenvalue weighted by molar-refractivity contribution is 9.24. The zero-order valence-corrected chi connectivity index (χ0v) is 10.5. The third-order valence-corrected chi connectivity index (χ3v) is 2.95. The van der Waals surface area contributed by atoms with Crippen LogP contribution in [0.2, 0.25) is 0 Å². The minimum atomic E-state index is -0.480. The van der Waals surface area contributed by atoms with Gasteiger partial charge in [-0.3, -0.25) is 0 Å². The summed E-state index contributed by atoms with van der Waals surface area (Å²) in [6, 6.07) is 5.75. The summed E-state index contributed by atoms with van der Waals surface area (Å²) in [4.78, 5) is 11.4. The lowest BCUT2D eigenvalue weighted by Crippen LogP contribution is -2.05. The Bertz CT molecular complexity index is 563. The second-order valence-electron chi connectivity index (χ2n) is 2.97. The van der Waals surface area contributed by atoms with E-state index in [2.05, 4.69) is 31.9 Å². The molecule has 15 heavy (non-hydrogen) atoms. The highest BCUT2D eigenvalue weighted by atomic mass is 79.9. The fraction of sp³-hybridized carbons (Fsp3) is 0.100. The molecule has 1 aromatic heterocycles. The summed E-state index contributed by atoms with van der Waals surface area (Å²) in [6.07, 6.45) is 0. The summed E-state index contributed by atoms with van der Waals surface area (Å²) in [5, 5.41) is 0.690. The molecule has 0 aliphatic heterocycles. The molecule has 0 amide bonds. The van der Waals surface area contributed by atoms with Gasteiger partial charge in [-0.25, -0.2) is 9.18 Å². The quantitative estimate of drug-likeness (QED) is 0.587. The molecule has 0 fully saturated rings. The Kier molecular flexibility index (Phi) is 2.93. The van der Waals surface area contributed by atoms with Crippen LogP contribution in [0.5, 0.6) is 0 Å². The molecule has 1 aromatic carbocycles. The molecule has 0 N–H and O–H groups in total. The summed E-state index contributed by atoms with van der Waals surface area (Å²) in [6.45, 7) is 0. The average molecular weight is 336 g/mol. The molecule has 0 atom stereocenters. The van der Waals surface area contributed by atoms with Crippen LogP contribution in [0.15, 0.2) is 33.5 Å². The fourth-order valence-electron chi connectivity index (χ4n) is 1.25. The third-order valence-electron chi connectivity index (χ3n) is 1.96. The van der Waals surface area contributed by atoms with Gasteiger partial charge in [0.2, 0.25) is 0 Å². The normalized spacial score (nSPS) is 11.2. The molecule has 0 bridgehead atoms. The minimum absolute atomic E-state index is 0.254. The van der Waals surface area contributed by atoms with Gasteiger partial charge in [-0.05, 0) is 18.2 Å². The van der Waals surface area contributed by atoms with Crippen molar-refractivity contribution in [3.63, 3.8) is 0 Å². The first kappa shape index (κ1) is 10.8. The highest BCUT2D eigenvalue weighted by Gasteiger charge is 2.11. The number of halogens is 3. The van der Waals surface area contributed by atoms with E-state index < -0.39 is 11.4 Å². The Balaban J connectivity index is 2.76. The molecule has 2 nitrogen and oxygen atoms in total. The van der Waals surface area contributed by atoms with Gasteiger partial charge in [0, 0.05) is 11.5 Å². The molecule has 78 valence electrons. The van der Waals surface area contributed by atoms with E-state index in [1.54, 1.807) is 12.1 Å². The van der Waals surface area contributed by atoms with Gasteiger partial charge in [0.25, 0.3) is 0 Å². The van der Waals surface area contributed by atoms with E-state index in [9.17, 15) is 9.18 Å². The van der Waals surface area contributed by atoms with Crippen molar-refractivity contribution in [2.24, 2.45) is 0 Å². The second-order valence-corrected chi connectivity index (χ2v) is 6.03. The van der Waals surface area contributed by atoms with Crippen LogP contribution in [0.3, 0.4) is 0 Å². The van der Waals surface area contributed by atoms with Crippen molar-refractivity contribution in [3.05, 3.63) is 46.1 Å². The molecule has 0 radical (unpaired) electrons. The maximum atomic E-state index is 12.8. The molecule has 2 aromatic rings. The lowest BCUT2D eigenvalue weighted by atomic mass is 10.2. The van der Waals surface area contributed by atoms with Gasteiger partial charge in [-0.1, -0.05) is 31.9 Å². The average Bonchev–Trinajstić information content (AvgIpc) is 2.15. The van der Waals surface area contributed by atoms with Crippen molar-refractivity contribution in [2.45, 2.75) is 3.74 Å². The maximum absolute atomic E-state index is 12.8. The number of fused-ring (bicyclic) bond motifs is 1. The van der Waals surface area contributed by atoms with Crippen LogP contribution in [0.25, 0.3) is 11.0 Å². The van der Waals surface area contributed by atoms with E-state index in [1.807, 2.05) is 0 Å². The number of alkyl halides is 2. The molecule has 0 aliphatic carbocycles. The monoisotopic (exact) mass is 334 g/mol. The van der Waals surface area contributed by atoms with Crippen molar-refractivity contribution >= 4 is 42.8 Å². The van der Waals surface area contributed by atoms with Gasteiger partial charge in [0.05, 0.1) is 5.56 Å². The van der Waals surface area contributed by atoms with E-state index >= 15 is 0 Å². The van der Waals surface area contributed by atoms with Gasteiger partial charge in [0.15, 0.2) is 0 Å². The first-order chi connectivity index (χ1) is 7.08. The third kappa shape index (κ3) is 2.13. The van der Waals surface area contributed by atoms with E-state index in [4.69, 9.17) is 4.42 Å². The van der Waals surface area contributed by atoms with Crippen LogP contribution < -0.4 is 5.63 Å². The Hall–Kier alpha value is -0.680. The molecule has 1 heterocycles. The van der Waals surface area contributed by atoms with Crippen LogP contribution in [0.4, 0.5) is 4.39 Å². The van der Waals surface area contributed by atoms with Crippen molar-refractivity contribution < 1.29 is 8.81 Å². The van der Waals surface area contributed by atoms with Gasteiger partial charge in [0.1, 0.15) is 15.1 Å². The van der Waals surface area contributed by atoms with Gasteiger partial charge >= 0.3 is 5.63 Å². The van der Waals surface area contributed by atoms with Crippen molar-refractivity contribution in [3.8, 4) is 0 Å². The van der Waals surface area contributed by atoms with Gasteiger partial charge in [-0.15, -0.1) is 0 Å². The van der Waals surface area contributed by atoms with Crippen LogP contribution >= 0.6 is 31.9 Å². The summed E-state index contributed by atoms with van der Waals surface area (Å²) < 4.78 is 17.6. The van der Waals surface area contributed by atoms with Crippen LogP contribution in [0.1, 0.15) is 9.30 Å². The van der Waals surface area contributed by atoms with Gasteiger partial charge in [-0.2, -0.15) is 0 Å². The smallest absolute Gasteiger partial charge is 0.341 e. The summed E-state index contributed by atoms with van der Waals surface area (Å²) >= 11 is 6.43. The lowest BCUT2D eigenvalue weighted by molar-refractivity contribution is 0.548. The summed E-state index contributed by atoms with van der Waals surface area (Å²) in [7, 11) is 0. The maximum Gasteiger partial charge on any atom is 0.341 e. The summed E-state index contributed by atoms with van der Waals surface area (Å²) in [5.74, 6) is -0.423. The Morgan fingerprint density at radius 1 is 1.27 bits per heavy atom. The standard InChI is InChI=1S/C10H5Br2FO2/c11-9(12)7-3-5-1-2-6(13)4-8(5)15-10(7)14/h1-4,9H. The zero-order chi connectivity index (χ0) is 11.0. The largest absolute Gasteiger partial charge is 0.422 e. The SMILES string of the molecule is O=c1oc2cc(F)ccc2cc1C(Br)Br. The lowest BCUT2D eigenvalue weighted by Gasteiger charge is -2.02. The van der Waals surface area contributed by atoms with E-state index in [0.717, 1.165) is 0 Å². The molecule has 0 saturated heterocycles. The van der Waals surface area contributed by atoms with Crippen molar-refractivity contribution in [1.29, 1.82) is 0 Å². The fourth-order valence-corrected chi connectivity index (χ4v) is 1.89. The predicted molar refractivity (Wildman–Crippen MR) is 63.0 cm³/mol. The molecule has 0 unspecified atom stereocenters. The van der Waals surface area contributed by atoms with E-state index in [0.29, 0.717) is 10.9 Å². The molecule has 0 saturated carbocycles. The topological polar surface area (TPSA) is 30.2 Å². The van der Waals surface area contributed by atoms with Crippen LogP contribution in [-0.2, 0) is 0 Å². The number of rotatable bonds is 1. The number of hydrogen-bond donors (Lipinski definition) is 0. The predicted octanol–water partition coefficient (Wildman–Crippen LogP) is 3.72. The molecule has 0 aliphatic rings. The number of benzene rings is 1.